The second kappa shape index (κ2) is 6.09. The summed E-state index contributed by atoms with van der Waals surface area (Å²) >= 11 is 0. The number of hydrogen-bond donors (Lipinski definition) is 2. The summed E-state index contributed by atoms with van der Waals surface area (Å²) in [5.74, 6) is -1.14. The Bertz CT molecular complexity index is 490. The fraction of sp³-hybridized carbons (Fsp3) is 0.833. The summed E-state index contributed by atoms with van der Waals surface area (Å²) < 4.78 is 23.4. The minimum Gasteiger partial charge on any atom is -0.481 e. The minimum absolute atomic E-state index is 0.0429. The summed E-state index contributed by atoms with van der Waals surface area (Å²) in [7, 11) is -3.18. The van der Waals surface area contributed by atoms with Crippen molar-refractivity contribution in [3.8, 4) is 0 Å². The molecule has 2 aliphatic heterocycles. The second-order valence-electron chi connectivity index (χ2n) is 5.45. The molecule has 2 rings (SSSR count). The molecular weight excluding hydrogens is 284 g/mol. The molecule has 2 fully saturated rings. The second-order valence-corrected chi connectivity index (χ2v) is 7.68. The number of carboxylic acids is 1. The number of nitrogens with zero attached hydrogens (tertiary/aromatic N) is 1. The average Bonchev–Trinajstić information content (AvgIpc) is 2.52. The summed E-state index contributed by atoms with van der Waals surface area (Å²) in [5.41, 5.74) is 0. The molecule has 2 N–H and O–H groups in total. The Labute approximate surface area is 118 Å². The Kier molecular flexibility index (Phi) is 4.64. The molecule has 2 atom stereocenters. The summed E-state index contributed by atoms with van der Waals surface area (Å²) in [6.07, 6.45) is 1.74. The predicted octanol–water partition coefficient (Wildman–Crippen LogP) is -0.771. The van der Waals surface area contributed by atoms with E-state index in [4.69, 9.17) is 5.11 Å². The van der Waals surface area contributed by atoms with Crippen LogP contribution >= 0.6 is 0 Å². The lowest BCUT2D eigenvalue weighted by molar-refractivity contribution is -0.138. The molecule has 20 heavy (non-hydrogen) atoms. The first-order chi connectivity index (χ1) is 9.37. The Morgan fingerprint density at radius 1 is 1.45 bits per heavy atom. The van der Waals surface area contributed by atoms with Crippen LogP contribution in [0.2, 0.25) is 0 Å². The lowest BCUT2D eigenvalue weighted by Gasteiger charge is -2.39. The van der Waals surface area contributed by atoms with Gasteiger partial charge >= 0.3 is 5.97 Å². The highest BCUT2D eigenvalue weighted by molar-refractivity contribution is 7.91. The number of carbonyl (C=O) groups is 2. The zero-order valence-electron chi connectivity index (χ0n) is 11.2. The third kappa shape index (κ3) is 3.92. The van der Waals surface area contributed by atoms with Crippen molar-refractivity contribution in [2.45, 2.75) is 37.8 Å². The van der Waals surface area contributed by atoms with Gasteiger partial charge in [0.2, 0.25) is 5.91 Å². The van der Waals surface area contributed by atoms with E-state index in [1.807, 2.05) is 4.90 Å². The summed E-state index contributed by atoms with van der Waals surface area (Å²) in [6, 6.07) is -0.584. The Hall–Kier alpha value is -1.15. The SMILES string of the molecule is O=C(O)CC1CS(=O)(=O)CCN1C1CCCNC(=O)C1. The van der Waals surface area contributed by atoms with Gasteiger partial charge in [0.05, 0.1) is 17.9 Å². The van der Waals surface area contributed by atoms with Crippen molar-refractivity contribution in [1.29, 1.82) is 0 Å². The number of aliphatic carboxylic acids is 1. The standard InChI is InChI=1S/C12H20N2O5S/c15-11-6-9(2-1-3-13-11)14-4-5-20(18,19)8-10(14)7-12(16)17/h9-10H,1-8H2,(H,13,15)(H,16,17). The smallest absolute Gasteiger partial charge is 0.304 e. The van der Waals surface area contributed by atoms with E-state index in [-0.39, 0.29) is 29.9 Å². The molecule has 0 aromatic rings. The normalized spacial score (nSPS) is 31.3. The Morgan fingerprint density at radius 3 is 2.90 bits per heavy atom. The highest BCUT2D eigenvalue weighted by Gasteiger charge is 2.37. The third-order valence-corrected chi connectivity index (χ3v) is 5.61. The maximum atomic E-state index is 11.7. The van der Waals surface area contributed by atoms with Crippen molar-refractivity contribution >= 4 is 21.7 Å². The van der Waals surface area contributed by atoms with E-state index in [9.17, 15) is 18.0 Å². The van der Waals surface area contributed by atoms with Gasteiger partial charge < -0.3 is 10.4 Å². The lowest BCUT2D eigenvalue weighted by Crippen LogP contribution is -2.54. The molecule has 2 aliphatic rings. The number of sulfone groups is 1. The van der Waals surface area contributed by atoms with E-state index in [0.29, 0.717) is 19.5 Å². The quantitative estimate of drug-likeness (QED) is 0.709. The van der Waals surface area contributed by atoms with Gasteiger partial charge in [0.1, 0.15) is 0 Å². The topological polar surface area (TPSA) is 104 Å². The van der Waals surface area contributed by atoms with Crippen LogP contribution in [0.15, 0.2) is 0 Å². The molecule has 0 aromatic heterocycles. The summed E-state index contributed by atoms with van der Waals surface area (Å²) in [6.45, 7) is 0.948. The van der Waals surface area contributed by atoms with Gasteiger partial charge in [-0.05, 0) is 12.8 Å². The lowest BCUT2D eigenvalue weighted by atomic mass is 10.0. The first-order valence-electron chi connectivity index (χ1n) is 6.82. The van der Waals surface area contributed by atoms with E-state index in [1.54, 1.807) is 0 Å². The first kappa shape index (κ1) is 15.2. The van der Waals surface area contributed by atoms with Crippen molar-refractivity contribution < 1.29 is 23.1 Å². The number of carbonyl (C=O) groups excluding carboxylic acids is 1. The number of hydrogen-bond acceptors (Lipinski definition) is 5. The largest absolute Gasteiger partial charge is 0.481 e. The zero-order valence-corrected chi connectivity index (χ0v) is 12.1. The van der Waals surface area contributed by atoms with Crippen LogP contribution in [0.25, 0.3) is 0 Å². The molecule has 0 bridgehead atoms. The van der Waals surface area contributed by atoms with Crippen molar-refractivity contribution in [3.05, 3.63) is 0 Å². The highest BCUT2D eigenvalue weighted by atomic mass is 32.2. The summed E-state index contributed by atoms with van der Waals surface area (Å²) in [4.78, 5) is 24.5. The van der Waals surface area contributed by atoms with Gasteiger partial charge in [-0.25, -0.2) is 8.42 Å². The van der Waals surface area contributed by atoms with Crippen molar-refractivity contribution in [2.24, 2.45) is 0 Å². The van der Waals surface area contributed by atoms with Gasteiger partial charge in [-0.15, -0.1) is 0 Å². The molecule has 0 aliphatic carbocycles. The number of nitrogens with one attached hydrogen (secondary N) is 1. The molecule has 2 unspecified atom stereocenters. The molecule has 0 aromatic carbocycles. The van der Waals surface area contributed by atoms with Gasteiger partial charge in [-0.3, -0.25) is 14.5 Å². The summed E-state index contributed by atoms with van der Waals surface area (Å²) in [5, 5.41) is 11.7. The molecule has 7 nitrogen and oxygen atoms in total. The van der Waals surface area contributed by atoms with E-state index in [0.717, 1.165) is 12.8 Å². The zero-order chi connectivity index (χ0) is 14.8. The average molecular weight is 304 g/mol. The fourth-order valence-electron chi connectivity index (χ4n) is 2.99. The monoisotopic (exact) mass is 304 g/mol. The predicted molar refractivity (Wildman–Crippen MR) is 72.0 cm³/mol. The molecule has 2 heterocycles. The molecule has 0 saturated carbocycles. The van der Waals surface area contributed by atoms with Crippen LogP contribution in [0.3, 0.4) is 0 Å². The Balaban J connectivity index is 2.14. The van der Waals surface area contributed by atoms with Crippen LogP contribution in [-0.4, -0.2) is 67.0 Å². The van der Waals surface area contributed by atoms with Gasteiger partial charge in [-0.2, -0.15) is 0 Å². The molecule has 0 spiro atoms. The van der Waals surface area contributed by atoms with Crippen LogP contribution < -0.4 is 5.32 Å². The molecule has 1 amide bonds. The van der Waals surface area contributed by atoms with Crippen molar-refractivity contribution in [2.75, 3.05) is 24.6 Å². The molecular formula is C12H20N2O5S. The van der Waals surface area contributed by atoms with E-state index < -0.39 is 21.8 Å². The maximum Gasteiger partial charge on any atom is 0.304 e. The van der Waals surface area contributed by atoms with Crippen molar-refractivity contribution in [3.63, 3.8) is 0 Å². The van der Waals surface area contributed by atoms with Crippen LogP contribution in [0.1, 0.15) is 25.7 Å². The van der Waals surface area contributed by atoms with E-state index in [1.165, 1.54) is 0 Å². The fourth-order valence-corrected chi connectivity index (χ4v) is 4.55. The minimum atomic E-state index is -3.18. The number of amides is 1. The number of carboxylic acid groups (broad SMARTS) is 1. The Morgan fingerprint density at radius 2 is 2.20 bits per heavy atom. The third-order valence-electron chi connectivity index (χ3n) is 3.91. The molecule has 8 heteroatoms. The van der Waals surface area contributed by atoms with Gasteiger partial charge in [0, 0.05) is 31.6 Å². The highest BCUT2D eigenvalue weighted by Crippen LogP contribution is 2.23. The van der Waals surface area contributed by atoms with Crippen LogP contribution in [0.4, 0.5) is 0 Å². The number of rotatable bonds is 3. The van der Waals surface area contributed by atoms with E-state index in [2.05, 4.69) is 5.32 Å². The molecule has 0 radical (unpaired) electrons. The van der Waals surface area contributed by atoms with E-state index >= 15 is 0 Å². The molecule has 2 saturated heterocycles. The molecule has 114 valence electrons. The van der Waals surface area contributed by atoms with Crippen LogP contribution in [0.5, 0.6) is 0 Å². The van der Waals surface area contributed by atoms with Gasteiger partial charge in [0.15, 0.2) is 9.84 Å². The first-order valence-corrected chi connectivity index (χ1v) is 8.64. The van der Waals surface area contributed by atoms with Gasteiger partial charge in [-0.1, -0.05) is 0 Å². The maximum absolute atomic E-state index is 11.7. The van der Waals surface area contributed by atoms with Crippen LogP contribution in [0, 0.1) is 0 Å². The van der Waals surface area contributed by atoms with Gasteiger partial charge in [0.25, 0.3) is 0 Å². The van der Waals surface area contributed by atoms with Crippen LogP contribution in [-0.2, 0) is 19.4 Å². The van der Waals surface area contributed by atoms with Crippen molar-refractivity contribution in [1.82, 2.24) is 10.2 Å².